The molecule has 27 heavy (non-hydrogen) atoms. The summed E-state index contributed by atoms with van der Waals surface area (Å²) in [6, 6.07) is 14.8. The Morgan fingerprint density at radius 1 is 1.19 bits per heavy atom. The van der Waals surface area contributed by atoms with Gasteiger partial charge in [0.2, 0.25) is 5.91 Å². The van der Waals surface area contributed by atoms with E-state index in [9.17, 15) is 9.18 Å². The van der Waals surface area contributed by atoms with Crippen LogP contribution in [0.4, 0.5) is 21.6 Å². The fraction of sp³-hybridized carbons (Fsp3) is 0.100. The van der Waals surface area contributed by atoms with Crippen LogP contribution < -0.4 is 15.4 Å². The van der Waals surface area contributed by atoms with Crippen LogP contribution in [0, 0.1) is 5.82 Å². The van der Waals surface area contributed by atoms with Gasteiger partial charge in [-0.05, 0) is 42.0 Å². The van der Waals surface area contributed by atoms with Gasteiger partial charge in [-0.25, -0.2) is 9.37 Å². The number of pyridine rings is 1. The molecule has 0 saturated heterocycles. The van der Waals surface area contributed by atoms with E-state index in [4.69, 9.17) is 16.3 Å². The molecule has 3 aromatic rings. The zero-order chi connectivity index (χ0) is 19.2. The van der Waals surface area contributed by atoms with E-state index in [2.05, 4.69) is 15.6 Å². The number of nitrogens with zero attached hydrogens (tertiary/aromatic N) is 1. The van der Waals surface area contributed by atoms with Crippen LogP contribution in [0.3, 0.4) is 0 Å². The molecule has 0 bridgehead atoms. The summed E-state index contributed by atoms with van der Waals surface area (Å²) >= 11 is 6.01. The van der Waals surface area contributed by atoms with Crippen molar-refractivity contribution in [2.45, 2.75) is 6.42 Å². The van der Waals surface area contributed by atoms with Crippen LogP contribution in [0.1, 0.15) is 5.56 Å². The molecule has 0 saturated carbocycles. The third-order valence-corrected chi connectivity index (χ3v) is 4.02. The number of anilines is 3. The van der Waals surface area contributed by atoms with Gasteiger partial charge in [0.15, 0.2) is 0 Å². The fourth-order valence-electron chi connectivity index (χ4n) is 2.48. The van der Waals surface area contributed by atoms with Gasteiger partial charge >= 0.3 is 0 Å². The molecule has 0 radical (unpaired) electrons. The number of amides is 1. The van der Waals surface area contributed by atoms with Crippen molar-refractivity contribution in [3.63, 3.8) is 0 Å². The van der Waals surface area contributed by atoms with Crippen LogP contribution in [0.25, 0.3) is 0 Å². The highest BCUT2D eigenvalue weighted by atomic mass is 35.5. The molecule has 0 aliphatic carbocycles. The van der Waals surface area contributed by atoms with E-state index in [0.29, 0.717) is 33.5 Å². The number of aromatic nitrogens is 1. The van der Waals surface area contributed by atoms with Crippen molar-refractivity contribution in [1.82, 2.24) is 4.98 Å². The van der Waals surface area contributed by atoms with Crippen molar-refractivity contribution in [3.05, 3.63) is 77.2 Å². The van der Waals surface area contributed by atoms with Gasteiger partial charge < -0.3 is 15.4 Å². The van der Waals surface area contributed by atoms with E-state index in [1.165, 1.54) is 12.3 Å². The minimum Gasteiger partial charge on any atom is -0.495 e. The number of halogens is 2. The van der Waals surface area contributed by atoms with E-state index in [1.807, 2.05) is 0 Å². The second-order valence-electron chi connectivity index (χ2n) is 5.72. The van der Waals surface area contributed by atoms with E-state index in [-0.39, 0.29) is 12.3 Å². The number of rotatable bonds is 6. The lowest BCUT2D eigenvalue weighted by molar-refractivity contribution is -0.115. The summed E-state index contributed by atoms with van der Waals surface area (Å²) in [5.41, 5.74) is 1.53. The van der Waals surface area contributed by atoms with Gasteiger partial charge in [0.25, 0.3) is 0 Å². The molecule has 3 rings (SSSR count). The number of benzene rings is 2. The largest absolute Gasteiger partial charge is 0.495 e. The van der Waals surface area contributed by atoms with Gasteiger partial charge in [0.1, 0.15) is 17.4 Å². The summed E-state index contributed by atoms with van der Waals surface area (Å²) in [7, 11) is 1.57. The zero-order valence-corrected chi connectivity index (χ0v) is 15.3. The number of hydrogen-bond donors (Lipinski definition) is 2. The molecule has 0 aliphatic heterocycles. The Kier molecular flexibility index (Phi) is 5.88. The third kappa shape index (κ3) is 4.95. The minimum atomic E-state index is -0.402. The Balaban J connectivity index is 1.64. The zero-order valence-electron chi connectivity index (χ0n) is 14.5. The average Bonchev–Trinajstić information content (AvgIpc) is 2.65. The molecular formula is C20H17ClFN3O2. The molecule has 1 heterocycles. The van der Waals surface area contributed by atoms with Gasteiger partial charge in [0, 0.05) is 5.02 Å². The minimum absolute atomic E-state index is 0.0492. The Morgan fingerprint density at radius 2 is 2.00 bits per heavy atom. The first-order valence-electron chi connectivity index (χ1n) is 8.15. The Bertz CT molecular complexity index is 948. The fourth-order valence-corrected chi connectivity index (χ4v) is 2.65. The highest BCUT2D eigenvalue weighted by Gasteiger charge is 2.09. The van der Waals surface area contributed by atoms with Crippen LogP contribution in [0.2, 0.25) is 5.02 Å². The van der Waals surface area contributed by atoms with Crippen LogP contribution in [0.5, 0.6) is 5.75 Å². The number of carbonyl (C=O) groups excluding carboxylic acids is 1. The first-order chi connectivity index (χ1) is 13.0. The highest BCUT2D eigenvalue weighted by Crippen LogP contribution is 2.30. The van der Waals surface area contributed by atoms with Crippen molar-refractivity contribution in [1.29, 1.82) is 0 Å². The summed E-state index contributed by atoms with van der Waals surface area (Å²) in [4.78, 5) is 16.3. The average molecular weight is 386 g/mol. The molecule has 1 aromatic heterocycles. The predicted octanol–water partition coefficient (Wildman–Crippen LogP) is 4.81. The first-order valence-corrected chi connectivity index (χ1v) is 8.53. The molecule has 2 N–H and O–H groups in total. The van der Waals surface area contributed by atoms with Gasteiger partial charge in [-0.3, -0.25) is 4.79 Å². The lowest BCUT2D eigenvalue weighted by atomic mass is 10.1. The van der Waals surface area contributed by atoms with E-state index >= 15 is 0 Å². The third-order valence-electron chi connectivity index (χ3n) is 3.78. The maximum atomic E-state index is 13.6. The molecule has 5 nitrogen and oxygen atoms in total. The topological polar surface area (TPSA) is 63.2 Å². The second kappa shape index (κ2) is 8.51. The lowest BCUT2D eigenvalue weighted by Crippen LogP contribution is -2.15. The van der Waals surface area contributed by atoms with E-state index < -0.39 is 5.82 Å². The van der Waals surface area contributed by atoms with Gasteiger partial charge in [0.05, 0.1) is 31.1 Å². The summed E-state index contributed by atoms with van der Waals surface area (Å²) in [5, 5.41) is 6.37. The van der Waals surface area contributed by atoms with E-state index in [1.54, 1.807) is 55.6 Å². The SMILES string of the molecule is COc1ccc(Cl)cc1Nc1ccc(NC(=O)Cc2ccccc2F)cn1. The van der Waals surface area contributed by atoms with Crippen LogP contribution >= 0.6 is 11.6 Å². The standard InChI is InChI=1S/C20H17ClFN3O2/c1-27-18-8-6-14(21)11-17(18)25-19-9-7-15(12-23-19)24-20(26)10-13-4-2-3-5-16(13)22/h2-9,11-12H,10H2,1H3,(H,23,25)(H,24,26). The molecule has 0 fully saturated rings. The maximum absolute atomic E-state index is 13.6. The summed E-state index contributed by atoms with van der Waals surface area (Å²) in [5.74, 6) is 0.464. The van der Waals surface area contributed by atoms with Gasteiger partial charge in [-0.1, -0.05) is 29.8 Å². The molecule has 138 valence electrons. The predicted molar refractivity (Wildman–Crippen MR) is 104 cm³/mol. The molecule has 0 unspecified atom stereocenters. The number of nitrogens with one attached hydrogen (secondary N) is 2. The van der Waals surface area contributed by atoms with Crippen LogP contribution in [-0.4, -0.2) is 18.0 Å². The van der Waals surface area contributed by atoms with Crippen molar-refractivity contribution >= 4 is 34.7 Å². The van der Waals surface area contributed by atoms with Crippen molar-refractivity contribution in [2.75, 3.05) is 17.7 Å². The van der Waals surface area contributed by atoms with Gasteiger partial charge in [-0.15, -0.1) is 0 Å². The van der Waals surface area contributed by atoms with Crippen LogP contribution in [0.15, 0.2) is 60.8 Å². The Labute approximate surface area is 161 Å². The summed E-state index contributed by atoms with van der Waals surface area (Å²) in [6.07, 6.45) is 1.46. The molecule has 1 amide bonds. The quantitative estimate of drug-likeness (QED) is 0.639. The van der Waals surface area contributed by atoms with Crippen LogP contribution in [-0.2, 0) is 11.2 Å². The van der Waals surface area contributed by atoms with Crippen molar-refractivity contribution in [2.24, 2.45) is 0 Å². The maximum Gasteiger partial charge on any atom is 0.228 e. The first kappa shape index (κ1) is 18.7. The molecule has 0 aliphatic rings. The summed E-state index contributed by atoms with van der Waals surface area (Å²) in [6.45, 7) is 0. The van der Waals surface area contributed by atoms with Crippen molar-refractivity contribution in [3.8, 4) is 5.75 Å². The molecule has 0 atom stereocenters. The number of hydrogen-bond acceptors (Lipinski definition) is 4. The highest BCUT2D eigenvalue weighted by molar-refractivity contribution is 6.31. The van der Waals surface area contributed by atoms with Crippen molar-refractivity contribution < 1.29 is 13.9 Å². The molecular weight excluding hydrogens is 369 g/mol. The number of methoxy groups -OCH3 is 1. The molecule has 0 spiro atoms. The van der Waals surface area contributed by atoms with Gasteiger partial charge in [-0.2, -0.15) is 0 Å². The lowest BCUT2D eigenvalue weighted by Gasteiger charge is -2.11. The molecule has 7 heteroatoms. The Hall–Kier alpha value is -3.12. The number of ether oxygens (including phenoxy) is 1. The normalized spacial score (nSPS) is 10.3. The summed E-state index contributed by atoms with van der Waals surface area (Å²) < 4.78 is 18.9. The monoisotopic (exact) mass is 385 g/mol. The second-order valence-corrected chi connectivity index (χ2v) is 6.15. The Morgan fingerprint density at radius 3 is 2.70 bits per heavy atom. The number of carbonyl (C=O) groups is 1. The smallest absolute Gasteiger partial charge is 0.228 e. The molecule has 2 aromatic carbocycles. The van der Waals surface area contributed by atoms with E-state index in [0.717, 1.165) is 0 Å².